The molecule has 2 radical (unpaired) electrons. The zero-order chi connectivity index (χ0) is 15.1. The molecule has 1 aliphatic heterocycles. The lowest BCUT2D eigenvalue weighted by atomic mass is 9.87. The van der Waals surface area contributed by atoms with Gasteiger partial charge in [-0.3, -0.25) is 9.69 Å². The molecule has 1 aliphatic rings. The molecule has 0 aliphatic carbocycles. The summed E-state index contributed by atoms with van der Waals surface area (Å²) in [6.07, 6.45) is 4.08. The van der Waals surface area contributed by atoms with E-state index in [1.807, 2.05) is 6.07 Å². The smallest absolute Gasteiger partial charge is 0.378 e. The van der Waals surface area contributed by atoms with Crippen molar-refractivity contribution >= 4 is 14.0 Å². The fourth-order valence-corrected chi connectivity index (χ4v) is 3.23. The first kappa shape index (κ1) is 16.1. The zero-order valence-corrected chi connectivity index (χ0v) is 12.8. The summed E-state index contributed by atoms with van der Waals surface area (Å²) < 4.78 is 4.52. The summed E-state index contributed by atoms with van der Waals surface area (Å²) in [7, 11) is 5.11. The van der Waals surface area contributed by atoms with Gasteiger partial charge in [-0.1, -0.05) is 50.1 Å². The van der Waals surface area contributed by atoms with Crippen molar-refractivity contribution in [2.75, 3.05) is 13.1 Å². The van der Waals surface area contributed by atoms with Gasteiger partial charge in [0.2, 0.25) is 0 Å². The van der Waals surface area contributed by atoms with Crippen molar-refractivity contribution in [1.82, 2.24) is 4.90 Å². The normalized spacial score (nSPS) is 20.3. The van der Waals surface area contributed by atoms with E-state index < -0.39 is 0 Å². The van der Waals surface area contributed by atoms with Crippen LogP contribution >= 0.6 is 0 Å². The van der Waals surface area contributed by atoms with E-state index in [-0.39, 0.29) is 11.9 Å². The van der Waals surface area contributed by atoms with Crippen molar-refractivity contribution in [3.63, 3.8) is 0 Å². The largest absolute Gasteiger partial charge is 0.543 e. The van der Waals surface area contributed by atoms with Crippen LogP contribution in [0.25, 0.3) is 0 Å². The van der Waals surface area contributed by atoms with Crippen molar-refractivity contribution in [2.24, 2.45) is 11.8 Å². The minimum atomic E-state index is -0.241. The summed E-state index contributed by atoms with van der Waals surface area (Å²) in [5, 5.41) is 0. The molecule has 1 unspecified atom stereocenters. The van der Waals surface area contributed by atoms with Crippen LogP contribution in [-0.2, 0) is 16.0 Å². The van der Waals surface area contributed by atoms with E-state index >= 15 is 0 Å². The lowest BCUT2D eigenvalue weighted by Gasteiger charge is -2.22. The highest BCUT2D eigenvalue weighted by Gasteiger charge is 2.33. The van der Waals surface area contributed by atoms with Gasteiger partial charge in [-0.15, -0.1) is 0 Å². The molecule has 2 rings (SSSR count). The predicted molar refractivity (Wildman–Crippen MR) is 84.7 cm³/mol. The molecule has 0 bridgehead atoms. The predicted octanol–water partition coefficient (Wildman–Crippen LogP) is 2.94. The Morgan fingerprint density at radius 1 is 1.43 bits per heavy atom. The van der Waals surface area contributed by atoms with Gasteiger partial charge < -0.3 is 4.65 Å². The molecule has 3 nitrogen and oxygen atoms in total. The van der Waals surface area contributed by atoms with E-state index in [9.17, 15) is 4.79 Å². The van der Waals surface area contributed by atoms with Crippen LogP contribution in [0.3, 0.4) is 0 Å². The second-order valence-electron chi connectivity index (χ2n) is 5.96. The summed E-state index contributed by atoms with van der Waals surface area (Å²) in [4.78, 5) is 14.3. The highest BCUT2D eigenvalue weighted by Crippen LogP contribution is 2.29. The van der Waals surface area contributed by atoms with Crippen LogP contribution in [-0.4, -0.2) is 32.0 Å². The summed E-state index contributed by atoms with van der Waals surface area (Å²) >= 11 is 0. The van der Waals surface area contributed by atoms with Crippen LogP contribution in [0.5, 0.6) is 0 Å². The molecule has 1 heterocycles. The highest BCUT2D eigenvalue weighted by atomic mass is 16.5. The van der Waals surface area contributed by atoms with Gasteiger partial charge >= 0.3 is 8.05 Å². The quantitative estimate of drug-likeness (QED) is 0.721. The summed E-state index contributed by atoms with van der Waals surface area (Å²) in [6.45, 7) is 5.09. The van der Waals surface area contributed by atoms with E-state index in [2.05, 4.69) is 40.7 Å². The first-order chi connectivity index (χ1) is 10.2. The average Bonchev–Trinajstić information content (AvgIpc) is 2.96. The Morgan fingerprint density at radius 3 is 2.86 bits per heavy atom. The molecule has 1 fully saturated rings. The van der Waals surface area contributed by atoms with Crippen molar-refractivity contribution < 1.29 is 9.45 Å². The maximum Gasteiger partial charge on any atom is 0.378 e. The Balaban J connectivity index is 1.91. The van der Waals surface area contributed by atoms with Gasteiger partial charge in [-0.25, -0.2) is 0 Å². The number of nitrogens with zero attached hydrogens (tertiary/aromatic N) is 1. The highest BCUT2D eigenvalue weighted by molar-refractivity contribution is 6.05. The van der Waals surface area contributed by atoms with Gasteiger partial charge in [0.25, 0.3) is 5.97 Å². The number of carbonyl (C=O) groups is 1. The molecule has 0 N–H and O–H groups in total. The molecule has 1 saturated heterocycles. The first-order valence-electron chi connectivity index (χ1n) is 7.91. The molecule has 2 atom stereocenters. The van der Waals surface area contributed by atoms with Crippen LogP contribution < -0.4 is 0 Å². The van der Waals surface area contributed by atoms with E-state index in [0.717, 1.165) is 45.3 Å². The lowest BCUT2D eigenvalue weighted by molar-refractivity contribution is -0.140. The molecule has 0 amide bonds. The van der Waals surface area contributed by atoms with Crippen LogP contribution in [0.4, 0.5) is 0 Å². The fourth-order valence-electron chi connectivity index (χ4n) is 3.23. The van der Waals surface area contributed by atoms with Crippen LogP contribution in [0.2, 0.25) is 0 Å². The number of rotatable bonds is 7. The number of hydrogen-bond acceptors (Lipinski definition) is 3. The molecule has 1 aromatic rings. The minimum absolute atomic E-state index is 0.0456. The second-order valence-corrected chi connectivity index (χ2v) is 5.96. The molecular formula is C17H24BNO2. The molecule has 0 spiro atoms. The monoisotopic (exact) mass is 285 g/mol. The van der Waals surface area contributed by atoms with E-state index in [0.29, 0.717) is 5.92 Å². The maximum absolute atomic E-state index is 11.9. The topological polar surface area (TPSA) is 29.5 Å². The number of likely N-dealkylation sites (tertiary alicyclic amines) is 1. The fraction of sp³-hybridized carbons (Fsp3) is 0.588. The second kappa shape index (κ2) is 8.23. The van der Waals surface area contributed by atoms with Gasteiger partial charge in [-0.2, -0.15) is 0 Å². The third-order valence-electron chi connectivity index (χ3n) is 4.41. The van der Waals surface area contributed by atoms with Crippen LogP contribution in [0, 0.1) is 11.8 Å². The number of benzene rings is 1. The molecule has 4 heteroatoms. The van der Waals surface area contributed by atoms with E-state index in [4.69, 9.17) is 8.05 Å². The Hall–Kier alpha value is -1.29. The Labute approximate surface area is 129 Å². The Bertz CT molecular complexity index is 438. The van der Waals surface area contributed by atoms with Crippen LogP contribution in [0.1, 0.15) is 38.2 Å². The summed E-state index contributed by atoms with van der Waals surface area (Å²) in [5.74, 6) is 0.0852. The van der Waals surface area contributed by atoms with Crippen molar-refractivity contribution in [3.05, 3.63) is 35.9 Å². The van der Waals surface area contributed by atoms with Crippen molar-refractivity contribution in [2.45, 2.75) is 39.2 Å². The number of unbranched alkanes of at least 4 members (excludes halogenated alkanes) is 1. The molecule has 0 aromatic heterocycles. The molecular weight excluding hydrogens is 261 g/mol. The van der Waals surface area contributed by atoms with Gasteiger partial charge in [-0.05, 0) is 30.9 Å². The Morgan fingerprint density at radius 2 is 2.19 bits per heavy atom. The first-order valence-corrected chi connectivity index (χ1v) is 7.91. The number of carbonyl (C=O) groups excluding carboxylic acids is 1. The van der Waals surface area contributed by atoms with Gasteiger partial charge in [0.05, 0.1) is 5.92 Å². The Kier molecular flexibility index (Phi) is 6.31. The van der Waals surface area contributed by atoms with Gasteiger partial charge in [0.1, 0.15) is 0 Å². The van der Waals surface area contributed by atoms with Gasteiger partial charge in [0.15, 0.2) is 0 Å². The SMILES string of the molecule is [B]OC(=O)C(CCCC)[C@@H]1CCN(Cc2ccccc2)C1. The molecule has 0 saturated carbocycles. The average molecular weight is 285 g/mol. The minimum Gasteiger partial charge on any atom is -0.543 e. The maximum atomic E-state index is 11.9. The molecule has 112 valence electrons. The lowest BCUT2D eigenvalue weighted by Crippen LogP contribution is -2.28. The third kappa shape index (κ3) is 4.60. The standard InChI is InChI=1S/C17H24BNO2/c1-2-3-9-16(17(20)21-18)15-10-11-19(13-15)12-14-7-5-4-6-8-14/h4-8,15-16H,2-3,9-13H2,1H3/t15-,16?/m1/s1. The van der Waals surface area contributed by atoms with E-state index in [1.165, 1.54) is 5.56 Å². The third-order valence-corrected chi connectivity index (χ3v) is 4.41. The van der Waals surface area contributed by atoms with Crippen LogP contribution in [0.15, 0.2) is 30.3 Å². The summed E-state index contributed by atoms with van der Waals surface area (Å²) in [5.41, 5.74) is 1.32. The van der Waals surface area contributed by atoms with Gasteiger partial charge in [0, 0.05) is 13.1 Å². The van der Waals surface area contributed by atoms with Crippen molar-refractivity contribution in [3.8, 4) is 0 Å². The van der Waals surface area contributed by atoms with Crippen molar-refractivity contribution in [1.29, 1.82) is 0 Å². The number of hydrogen-bond donors (Lipinski definition) is 0. The molecule has 21 heavy (non-hydrogen) atoms. The zero-order valence-electron chi connectivity index (χ0n) is 12.8. The summed E-state index contributed by atoms with van der Waals surface area (Å²) in [6, 6.07) is 10.5. The molecule has 1 aromatic carbocycles. The van der Waals surface area contributed by atoms with E-state index in [1.54, 1.807) is 0 Å².